The molecule has 0 aliphatic heterocycles. The van der Waals surface area contributed by atoms with E-state index in [4.69, 9.17) is 30.2 Å². The van der Waals surface area contributed by atoms with Gasteiger partial charge in [-0.2, -0.15) is 0 Å². The van der Waals surface area contributed by atoms with E-state index in [1.54, 1.807) is 0 Å². The number of phosphoric ester groups is 1. The molecule has 0 radical (unpaired) electrons. The van der Waals surface area contributed by atoms with Crippen molar-refractivity contribution < 1.29 is 107 Å². The first-order valence-corrected chi connectivity index (χ1v) is 11.7. The molecule has 3 atom stereocenters. The second-order valence-corrected chi connectivity index (χ2v) is 9.24. The summed E-state index contributed by atoms with van der Waals surface area (Å²) in [5, 5.41) is 64.8. The molecule has 23 heteroatoms. The fourth-order valence-electron chi connectivity index (χ4n) is 2.99. The molecule has 41 heavy (non-hydrogen) atoms. The zero-order valence-corrected chi connectivity index (χ0v) is 20.9. The van der Waals surface area contributed by atoms with Crippen molar-refractivity contribution in [3.63, 3.8) is 0 Å². The van der Waals surface area contributed by atoms with Crippen LogP contribution in [0.25, 0.3) is 0 Å². The Bertz CT molecular complexity index is 1180. The fourth-order valence-corrected chi connectivity index (χ4v) is 3.32. The first-order valence-electron chi connectivity index (χ1n) is 10.2. The summed E-state index contributed by atoms with van der Waals surface area (Å²) >= 11 is 0. The number of ether oxygens (including phenoxy) is 2. The van der Waals surface area contributed by atoms with Crippen LogP contribution in [0, 0.1) is 0 Å². The molecule has 0 saturated carbocycles. The van der Waals surface area contributed by atoms with Crippen molar-refractivity contribution in [3.8, 4) is 0 Å². The molecular weight excluding hydrogens is 599 g/mol. The van der Waals surface area contributed by atoms with Crippen LogP contribution < -0.4 is 0 Å². The van der Waals surface area contributed by atoms with Gasteiger partial charge in [0.25, 0.3) is 0 Å². The molecular formula is C18H21O22P. The van der Waals surface area contributed by atoms with Gasteiger partial charge in [0.1, 0.15) is 0 Å². The second-order valence-electron chi connectivity index (χ2n) is 8.08. The molecule has 0 aliphatic rings. The van der Waals surface area contributed by atoms with Crippen LogP contribution in [0.2, 0.25) is 0 Å². The first-order chi connectivity index (χ1) is 18.4. The largest absolute Gasteiger partial charge is 0.526 e. The van der Waals surface area contributed by atoms with Crippen molar-refractivity contribution in [1.29, 1.82) is 0 Å². The minimum Gasteiger partial charge on any atom is -0.481 e. The minimum absolute atomic E-state index is 1.65. The lowest BCUT2D eigenvalue weighted by atomic mass is 9.92. The average Bonchev–Trinajstić information content (AvgIpc) is 2.69. The van der Waals surface area contributed by atoms with Gasteiger partial charge < -0.3 is 49.7 Å². The standard InChI is InChI=1S/C18H21O22P/c19-7(20)1-16(34,13(28)29)4-10(25)38-17(14(30)31,2-8(21)22)5-11(26)39-18(15(32)33,3-9(23)24)6-12(27)40-41(35,36)37/h34H,1-6H2,(H,19,20)(H,21,22)(H,23,24)(H,28,29)(H,30,31)(H,32,33)(H2,35,36,37). The smallest absolute Gasteiger partial charge is 0.481 e. The molecule has 0 saturated heterocycles. The summed E-state index contributed by atoms with van der Waals surface area (Å²) < 4.78 is 23.2. The van der Waals surface area contributed by atoms with Gasteiger partial charge in [-0.3, -0.25) is 38.6 Å². The Labute approximate surface area is 224 Å². The number of carboxylic acid groups (broad SMARTS) is 6. The summed E-state index contributed by atoms with van der Waals surface area (Å²) in [4.78, 5) is 122. The van der Waals surface area contributed by atoms with Gasteiger partial charge >= 0.3 is 61.5 Å². The van der Waals surface area contributed by atoms with Gasteiger partial charge in [0.2, 0.25) is 11.2 Å². The Morgan fingerprint density at radius 2 is 0.854 bits per heavy atom. The molecule has 9 N–H and O–H groups in total. The van der Waals surface area contributed by atoms with Gasteiger partial charge in [0.05, 0.1) is 38.5 Å². The fraction of sp³-hybridized carbons (Fsp3) is 0.500. The third-order valence-corrected chi connectivity index (χ3v) is 5.07. The van der Waals surface area contributed by atoms with Gasteiger partial charge in [-0.1, -0.05) is 0 Å². The summed E-state index contributed by atoms with van der Waals surface area (Å²) in [6.07, 6.45) is -11.1. The van der Waals surface area contributed by atoms with Crippen LogP contribution >= 0.6 is 7.82 Å². The van der Waals surface area contributed by atoms with E-state index in [1.807, 2.05) is 0 Å². The summed E-state index contributed by atoms with van der Waals surface area (Å²) in [5.41, 5.74) is -10.6. The minimum atomic E-state index is -5.65. The SMILES string of the molecule is O=C(O)CC(O)(CC(=O)OC(CC(=O)O)(CC(=O)OC(CC(=O)O)(CC(=O)OP(=O)(O)O)C(=O)O)C(=O)O)C(=O)O. The Balaban J connectivity index is 6.48. The van der Waals surface area contributed by atoms with Gasteiger partial charge in [0, 0.05) is 0 Å². The van der Waals surface area contributed by atoms with E-state index in [0.717, 1.165) is 0 Å². The molecule has 0 bridgehead atoms. The van der Waals surface area contributed by atoms with E-state index in [1.165, 1.54) is 0 Å². The maximum absolute atomic E-state index is 12.6. The van der Waals surface area contributed by atoms with E-state index in [9.17, 15) is 63.0 Å². The third kappa shape index (κ3) is 11.5. The monoisotopic (exact) mass is 620 g/mol. The predicted octanol–water partition coefficient (Wildman–Crippen LogP) is -3.23. The molecule has 230 valence electrons. The Morgan fingerprint density at radius 1 is 0.512 bits per heavy atom. The number of carbonyl (C=O) groups excluding carboxylic acids is 3. The van der Waals surface area contributed by atoms with Crippen LogP contribution in [-0.4, -0.2) is 116 Å². The third-order valence-electron chi connectivity index (χ3n) is 4.63. The second kappa shape index (κ2) is 13.6. The number of carbonyl (C=O) groups is 9. The normalized spacial score (nSPS) is 15.5. The lowest BCUT2D eigenvalue weighted by Gasteiger charge is -2.31. The Hall–Kier alpha value is -4.66. The highest BCUT2D eigenvalue weighted by atomic mass is 31.2. The van der Waals surface area contributed by atoms with E-state index in [2.05, 4.69) is 14.0 Å². The highest BCUT2D eigenvalue weighted by Gasteiger charge is 2.53. The van der Waals surface area contributed by atoms with Crippen LogP contribution in [-0.2, 0) is 61.7 Å². The number of phosphoric acid groups is 1. The van der Waals surface area contributed by atoms with Crippen LogP contribution in [0.3, 0.4) is 0 Å². The van der Waals surface area contributed by atoms with Crippen molar-refractivity contribution in [2.45, 2.75) is 55.3 Å². The highest BCUT2D eigenvalue weighted by Crippen LogP contribution is 2.38. The predicted molar refractivity (Wildman–Crippen MR) is 114 cm³/mol. The van der Waals surface area contributed by atoms with Crippen molar-refractivity contribution in [2.24, 2.45) is 0 Å². The zero-order valence-electron chi connectivity index (χ0n) is 20.0. The maximum atomic E-state index is 12.6. The molecule has 22 nitrogen and oxygen atoms in total. The van der Waals surface area contributed by atoms with Gasteiger partial charge in [-0.05, 0) is 0 Å². The maximum Gasteiger partial charge on any atom is 0.526 e. The molecule has 0 aliphatic carbocycles. The van der Waals surface area contributed by atoms with Crippen molar-refractivity contribution in [2.75, 3.05) is 0 Å². The number of aliphatic hydroxyl groups is 1. The first kappa shape index (κ1) is 36.3. The van der Waals surface area contributed by atoms with Crippen LogP contribution in [0.15, 0.2) is 0 Å². The lowest BCUT2D eigenvalue weighted by Crippen LogP contribution is -2.52. The number of aliphatic carboxylic acids is 6. The number of hydrogen-bond acceptors (Lipinski definition) is 14. The molecule has 0 aromatic carbocycles. The zero-order chi connectivity index (χ0) is 32.6. The van der Waals surface area contributed by atoms with Gasteiger partial charge in [0.15, 0.2) is 5.60 Å². The average molecular weight is 620 g/mol. The van der Waals surface area contributed by atoms with E-state index < -0.39 is 117 Å². The van der Waals surface area contributed by atoms with Crippen molar-refractivity contribution >= 4 is 61.5 Å². The van der Waals surface area contributed by atoms with Crippen LogP contribution in [0.4, 0.5) is 0 Å². The highest BCUT2D eigenvalue weighted by molar-refractivity contribution is 7.46. The number of carboxylic acids is 6. The van der Waals surface area contributed by atoms with Crippen LogP contribution in [0.5, 0.6) is 0 Å². The molecule has 0 aromatic heterocycles. The number of rotatable bonds is 18. The molecule has 0 rings (SSSR count). The molecule has 0 heterocycles. The van der Waals surface area contributed by atoms with E-state index in [0.29, 0.717) is 0 Å². The van der Waals surface area contributed by atoms with E-state index >= 15 is 0 Å². The van der Waals surface area contributed by atoms with Crippen molar-refractivity contribution in [3.05, 3.63) is 0 Å². The van der Waals surface area contributed by atoms with Crippen molar-refractivity contribution in [1.82, 2.24) is 0 Å². The topological polar surface area (TPSA) is 380 Å². The molecule has 0 fully saturated rings. The molecule has 0 spiro atoms. The quantitative estimate of drug-likeness (QED) is 0.0536. The van der Waals surface area contributed by atoms with Gasteiger partial charge in [-0.25, -0.2) is 18.9 Å². The Morgan fingerprint density at radius 3 is 1.15 bits per heavy atom. The van der Waals surface area contributed by atoms with Gasteiger partial charge in [-0.15, -0.1) is 0 Å². The van der Waals surface area contributed by atoms with Crippen LogP contribution in [0.1, 0.15) is 38.5 Å². The summed E-state index contributed by atoms with van der Waals surface area (Å²) in [6, 6.07) is 0. The Kier molecular flexibility index (Phi) is 12.1. The number of hydrogen-bond donors (Lipinski definition) is 9. The summed E-state index contributed by atoms with van der Waals surface area (Å²) in [5.74, 6) is -19.9. The molecule has 0 amide bonds. The van der Waals surface area contributed by atoms with E-state index in [-0.39, 0.29) is 0 Å². The summed E-state index contributed by atoms with van der Waals surface area (Å²) in [7, 11) is -5.65. The summed E-state index contributed by atoms with van der Waals surface area (Å²) in [6.45, 7) is 0. The molecule has 3 unspecified atom stereocenters. The lowest BCUT2D eigenvalue weighted by molar-refractivity contribution is -0.198. The molecule has 0 aromatic rings. The number of esters is 2.